The summed E-state index contributed by atoms with van der Waals surface area (Å²) < 4.78 is 31.0. The summed E-state index contributed by atoms with van der Waals surface area (Å²) >= 11 is 0. The highest BCUT2D eigenvalue weighted by atomic mass is 19.1. The SMILES string of the molecule is O=C(OCC1CCCO1)N1C2CCC1CC(N1CCC3(CC1)COc1ccc(F)cc13)C2. The predicted molar refractivity (Wildman–Crippen MR) is 116 cm³/mol. The molecule has 4 saturated heterocycles. The van der Waals surface area contributed by atoms with E-state index >= 15 is 0 Å². The summed E-state index contributed by atoms with van der Waals surface area (Å²) in [5, 5.41) is 0. The molecule has 1 spiro atoms. The zero-order chi connectivity index (χ0) is 21.7. The zero-order valence-corrected chi connectivity index (χ0v) is 18.6. The molecule has 0 saturated carbocycles. The lowest BCUT2D eigenvalue weighted by atomic mass is 9.74. The Hall–Kier alpha value is -1.86. The lowest BCUT2D eigenvalue weighted by molar-refractivity contribution is 0.00249. The van der Waals surface area contributed by atoms with Gasteiger partial charge in [-0.25, -0.2) is 9.18 Å². The number of fused-ring (bicyclic) bond motifs is 4. The maximum absolute atomic E-state index is 13.9. The van der Waals surface area contributed by atoms with E-state index < -0.39 is 0 Å². The van der Waals surface area contributed by atoms with Gasteiger partial charge in [0.25, 0.3) is 0 Å². The molecule has 5 aliphatic heterocycles. The number of halogens is 1. The zero-order valence-electron chi connectivity index (χ0n) is 18.6. The number of rotatable bonds is 3. The lowest BCUT2D eigenvalue weighted by Gasteiger charge is -2.46. The summed E-state index contributed by atoms with van der Waals surface area (Å²) in [7, 11) is 0. The van der Waals surface area contributed by atoms with Crippen molar-refractivity contribution in [2.45, 2.75) is 81.0 Å². The smallest absolute Gasteiger partial charge is 0.410 e. The number of carbonyl (C=O) groups excluding carboxylic acids is 1. The van der Waals surface area contributed by atoms with Crippen LogP contribution in [0.15, 0.2) is 18.2 Å². The van der Waals surface area contributed by atoms with Gasteiger partial charge in [-0.3, -0.25) is 0 Å². The van der Waals surface area contributed by atoms with E-state index in [4.69, 9.17) is 14.2 Å². The molecule has 5 heterocycles. The van der Waals surface area contributed by atoms with Crippen molar-refractivity contribution in [1.29, 1.82) is 0 Å². The van der Waals surface area contributed by atoms with Crippen molar-refractivity contribution in [2.24, 2.45) is 0 Å². The van der Waals surface area contributed by atoms with Crippen LogP contribution in [-0.4, -0.2) is 73.0 Å². The van der Waals surface area contributed by atoms with Crippen molar-refractivity contribution in [3.05, 3.63) is 29.6 Å². The van der Waals surface area contributed by atoms with Crippen molar-refractivity contribution in [2.75, 3.05) is 32.9 Å². The minimum atomic E-state index is -0.175. The predicted octanol–water partition coefficient (Wildman–Crippen LogP) is 3.86. The first kappa shape index (κ1) is 20.7. The molecule has 0 radical (unpaired) electrons. The Morgan fingerprint density at radius 3 is 2.62 bits per heavy atom. The van der Waals surface area contributed by atoms with E-state index in [1.165, 1.54) is 6.07 Å². The van der Waals surface area contributed by atoms with Crippen LogP contribution in [0.25, 0.3) is 0 Å². The van der Waals surface area contributed by atoms with Gasteiger partial charge in [-0.1, -0.05) is 0 Å². The highest BCUT2D eigenvalue weighted by Gasteiger charge is 2.48. The minimum Gasteiger partial charge on any atom is -0.492 e. The van der Waals surface area contributed by atoms with E-state index in [0.717, 1.165) is 82.4 Å². The normalized spacial score (nSPS) is 33.3. The number of piperidine rings is 2. The third-order valence-electron chi connectivity index (χ3n) is 8.62. The van der Waals surface area contributed by atoms with Crippen molar-refractivity contribution < 1.29 is 23.4 Å². The number of nitrogens with zero attached hydrogens (tertiary/aromatic N) is 2. The van der Waals surface area contributed by atoms with Crippen LogP contribution in [0.3, 0.4) is 0 Å². The number of amides is 1. The van der Waals surface area contributed by atoms with Gasteiger partial charge in [0.2, 0.25) is 0 Å². The quantitative estimate of drug-likeness (QED) is 0.709. The molecule has 0 N–H and O–H groups in total. The van der Waals surface area contributed by atoms with Crippen LogP contribution in [0.5, 0.6) is 5.75 Å². The fourth-order valence-electron chi connectivity index (χ4n) is 6.83. The van der Waals surface area contributed by atoms with E-state index in [2.05, 4.69) is 4.90 Å². The molecule has 0 aromatic heterocycles. The molecule has 1 aromatic rings. The van der Waals surface area contributed by atoms with Gasteiger partial charge < -0.3 is 24.0 Å². The Balaban J connectivity index is 1.06. The second-order valence-electron chi connectivity index (χ2n) is 10.4. The maximum Gasteiger partial charge on any atom is 0.410 e. The summed E-state index contributed by atoms with van der Waals surface area (Å²) in [6, 6.07) is 6.03. The number of hydrogen-bond acceptors (Lipinski definition) is 5. The molecule has 6 rings (SSSR count). The van der Waals surface area contributed by atoms with Crippen LogP contribution in [0.2, 0.25) is 0 Å². The average Bonchev–Trinajstić information content (AvgIpc) is 3.51. The second kappa shape index (κ2) is 8.17. The van der Waals surface area contributed by atoms with Gasteiger partial charge in [-0.2, -0.15) is 0 Å². The molecule has 0 aliphatic carbocycles. The molecule has 1 amide bonds. The average molecular weight is 445 g/mol. The van der Waals surface area contributed by atoms with Crippen LogP contribution < -0.4 is 4.74 Å². The first-order valence-electron chi connectivity index (χ1n) is 12.3. The number of hydrogen-bond donors (Lipinski definition) is 0. The highest BCUT2D eigenvalue weighted by molar-refractivity contribution is 5.69. The van der Waals surface area contributed by atoms with Gasteiger partial charge in [-0.05, 0) is 82.7 Å². The fourth-order valence-corrected chi connectivity index (χ4v) is 6.83. The molecule has 4 fully saturated rings. The van der Waals surface area contributed by atoms with Crippen LogP contribution in [0.4, 0.5) is 9.18 Å². The van der Waals surface area contributed by atoms with Crippen LogP contribution >= 0.6 is 0 Å². The Bertz CT molecular complexity index is 851. The second-order valence-corrected chi connectivity index (χ2v) is 10.4. The first-order chi connectivity index (χ1) is 15.6. The molecule has 174 valence electrons. The minimum absolute atomic E-state index is 0.0419. The molecule has 5 aliphatic rings. The number of carbonyl (C=O) groups is 1. The van der Waals surface area contributed by atoms with Gasteiger partial charge in [0.1, 0.15) is 18.2 Å². The summed E-state index contributed by atoms with van der Waals surface area (Å²) in [5.41, 5.74) is 1.01. The van der Waals surface area contributed by atoms with Gasteiger partial charge in [0, 0.05) is 35.7 Å². The maximum atomic E-state index is 13.9. The fraction of sp³-hybridized carbons (Fsp3) is 0.720. The van der Waals surface area contributed by atoms with E-state index in [9.17, 15) is 9.18 Å². The van der Waals surface area contributed by atoms with E-state index in [1.807, 2.05) is 4.90 Å². The van der Waals surface area contributed by atoms with Gasteiger partial charge in [-0.15, -0.1) is 0 Å². The molecule has 3 atom stereocenters. The van der Waals surface area contributed by atoms with Crippen molar-refractivity contribution in [3.8, 4) is 5.75 Å². The first-order valence-corrected chi connectivity index (χ1v) is 12.3. The molecule has 1 aromatic carbocycles. The Morgan fingerprint density at radius 1 is 1.12 bits per heavy atom. The lowest BCUT2D eigenvalue weighted by Crippen LogP contribution is -2.55. The van der Waals surface area contributed by atoms with Crippen molar-refractivity contribution in [3.63, 3.8) is 0 Å². The number of likely N-dealkylation sites (tertiary alicyclic amines) is 1. The van der Waals surface area contributed by atoms with Crippen LogP contribution in [0.1, 0.15) is 56.9 Å². The van der Waals surface area contributed by atoms with Gasteiger partial charge >= 0.3 is 6.09 Å². The molecular weight excluding hydrogens is 411 g/mol. The van der Waals surface area contributed by atoms with Crippen molar-refractivity contribution in [1.82, 2.24) is 9.80 Å². The summed E-state index contributed by atoms with van der Waals surface area (Å²) in [5.74, 6) is 0.680. The third kappa shape index (κ3) is 3.58. The summed E-state index contributed by atoms with van der Waals surface area (Å²) in [4.78, 5) is 17.4. The Labute approximate surface area is 189 Å². The summed E-state index contributed by atoms with van der Waals surface area (Å²) in [6.07, 6.45) is 8.19. The van der Waals surface area contributed by atoms with Crippen LogP contribution in [-0.2, 0) is 14.9 Å². The Kier molecular flexibility index (Phi) is 5.29. The number of ether oxygens (including phenoxy) is 3. The molecule has 2 bridgehead atoms. The monoisotopic (exact) mass is 444 g/mol. The van der Waals surface area contributed by atoms with E-state index in [-0.39, 0.29) is 35.5 Å². The number of benzene rings is 1. The summed E-state index contributed by atoms with van der Waals surface area (Å²) in [6.45, 7) is 3.85. The molecular formula is C25H33FN2O4. The van der Waals surface area contributed by atoms with Crippen LogP contribution in [0, 0.1) is 5.82 Å². The molecule has 3 unspecified atom stereocenters. The Morgan fingerprint density at radius 2 is 1.91 bits per heavy atom. The highest BCUT2D eigenvalue weighted by Crippen LogP contribution is 2.47. The molecule has 7 heteroatoms. The van der Waals surface area contributed by atoms with E-state index in [0.29, 0.717) is 19.3 Å². The van der Waals surface area contributed by atoms with Crippen molar-refractivity contribution >= 4 is 6.09 Å². The third-order valence-corrected chi connectivity index (χ3v) is 8.62. The standard InChI is InChI=1S/C25H33FN2O4/c26-17-3-6-23-22(12-17)25(16-32-23)7-9-27(10-8-25)20-13-18-4-5-19(14-20)28(18)24(29)31-15-21-2-1-11-30-21/h3,6,12,18-21H,1-2,4-5,7-11,13-16H2. The molecule has 6 nitrogen and oxygen atoms in total. The molecule has 32 heavy (non-hydrogen) atoms. The topological polar surface area (TPSA) is 51.2 Å². The van der Waals surface area contributed by atoms with E-state index in [1.54, 1.807) is 12.1 Å². The van der Waals surface area contributed by atoms with Gasteiger partial charge in [0.05, 0.1) is 12.7 Å². The van der Waals surface area contributed by atoms with Gasteiger partial charge in [0.15, 0.2) is 0 Å². The largest absolute Gasteiger partial charge is 0.492 e.